The van der Waals surface area contributed by atoms with Crippen molar-refractivity contribution in [3.63, 3.8) is 0 Å². The molecule has 0 fully saturated rings. The van der Waals surface area contributed by atoms with Crippen molar-refractivity contribution >= 4 is 12.6 Å². The molecule has 0 bridgehead atoms. The van der Waals surface area contributed by atoms with Crippen LogP contribution in [0.2, 0.25) is 0 Å². The van der Waals surface area contributed by atoms with E-state index >= 15 is 0 Å². The van der Waals surface area contributed by atoms with Gasteiger partial charge in [0.1, 0.15) is 12.4 Å². The van der Waals surface area contributed by atoms with E-state index in [1.807, 2.05) is 66.7 Å². The van der Waals surface area contributed by atoms with E-state index in [9.17, 15) is 10.0 Å². The van der Waals surface area contributed by atoms with Gasteiger partial charge in [-0.25, -0.2) is 0 Å². The summed E-state index contributed by atoms with van der Waals surface area (Å²) in [6, 6.07) is 24.9. The zero-order valence-electron chi connectivity index (χ0n) is 12.6. The van der Waals surface area contributed by atoms with Gasteiger partial charge in [0.25, 0.3) is 0 Å². The smallest absolute Gasteiger partial charge is 0.489 e. The van der Waals surface area contributed by atoms with Gasteiger partial charge in [0.05, 0.1) is 0 Å². The van der Waals surface area contributed by atoms with Gasteiger partial charge in [-0.2, -0.15) is 0 Å². The first-order chi connectivity index (χ1) is 11.3. The van der Waals surface area contributed by atoms with Gasteiger partial charge in [0.2, 0.25) is 0 Å². The van der Waals surface area contributed by atoms with Crippen LogP contribution in [0.1, 0.15) is 5.56 Å². The minimum atomic E-state index is -1.58. The van der Waals surface area contributed by atoms with Crippen LogP contribution in [-0.4, -0.2) is 17.2 Å². The van der Waals surface area contributed by atoms with Crippen LogP contribution in [0.3, 0.4) is 0 Å². The largest absolute Gasteiger partial charge is 0.492 e. The summed E-state index contributed by atoms with van der Waals surface area (Å²) < 4.78 is 5.95. The molecular weight excluding hydrogens is 287 g/mol. The Labute approximate surface area is 136 Å². The summed E-state index contributed by atoms with van der Waals surface area (Å²) in [5, 5.41) is 19.3. The molecule has 23 heavy (non-hydrogen) atoms. The second kappa shape index (κ2) is 7.14. The lowest BCUT2D eigenvalue weighted by Crippen LogP contribution is -2.31. The van der Waals surface area contributed by atoms with Crippen LogP contribution in [0, 0.1) is 0 Å². The Morgan fingerprint density at radius 2 is 1.39 bits per heavy atom. The van der Waals surface area contributed by atoms with E-state index in [4.69, 9.17) is 4.74 Å². The van der Waals surface area contributed by atoms with E-state index in [0.29, 0.717) is 17.8 Å². The van der Waals surface area contributed by atoms with Gasteiger partial charge < -0.3 is 14.8 Å². The molecule has 0 amide bonds. The van der Waals surface area contributed by atoms with Crippen LogP contribution in [-0.2, 0) is 6.61 Å². The highest BCUT2D eigenvalue weighted by atomic mass is 16.5. The van der Waals surface area contributed by atoms with E-state index in [2.05, 4.69) is 0 Å². The Morgan fingerprint density at radius 1 is 0.739 bits per heavy atom. The Kier molecular flexibility index (Phi) is 4.76. The van der Waals surface area contributed by atoms with Gasteiger partial charge in [-0.1, -0.05) is 78.9 Å². The molecule has 3 aromatic carbocycles. The number of ether oxygens (including phenoxy) is 1. The number of rotatable bonds is 5. The molecule has 3 aromatic rings. The quantitative estimate of drug-likeness (QED) is 0.712. The fourth-order valence-electron chi connectivity index (χ4n) is 2.49. The minimum absolute atomic E-state index is 0.363. The number of hydrogen-bond acceptors (Lipinski definition) is 3. The molecule has 3 nitrogen and oxygen atoms in total. The van der Waals surface area contributed by atoms with E-state index in [1.54, 1.807) is 12.1 Å². The molecule has 0 spiro atoms. The van der Waals surface area contributed by atoms with Crippen molar-refractivity contribution < 1.29 is 14.8 Å². The topological polar surface area (TPSA) is 49.7 Å². The first-order valence-corrected chi connectivity index (χ1v) is 7.47. The lowest BCUT2D eigenvalue weighted by molar-refractivity contribution is 0.308. The summed E-state index contributed by atoms with van der Waals surface area (Å²) in [6.45, 7) is 0.365. The van der Waals surface area contributed by atoms with Crippen molar-refractivity contribution in [2.75, 3.05) is 0 Å². The van der Waals surface area contributed by atoms with E-state index in [0.717, 1.165) is 16.7 Å². The molecule has 0 aliphatic rings. The molecule has 0 unspecified atom stereocenters. The zero-order valence-corrected chi connectivity index (χ0v) is 12.6. The summed E-state index contributed by atoms with van der Waals surface area (Å²) in [5.74, 6) is 0.498. The average Bonchev–Trinajstić information content (AvgIpc) is 2.61. The van der Waals surface area contributed by atoms with Crippen molar-refractivity contribution in [1.29, 1.82) is 0 Å². The van der Waals surface area contributed by atoms with Crippen LogP contribution < -0.4 is 10.2 Å². The summed E-state index contributed by atoms with van der Waals surface area (Å²) in [5.41, 5.74) is 3.20. The molecular formula is C19H17BO3. The minimum Gasteiger partial charge on any atom is -0.489 e. The van der Waals surface area contributed by atoms with Crippen LogP contribution in [0.5, 0.6) is 5.75 Å². The third-order valence-electron chi connectivity index (χ3n) is 3.63. The average molecular weight is 304 g/mol. The first kappa shape index (κ1) is 15.3. The van der Waals surface area contributed by atoms with Crippen molar-refractivity contribution in [2.45, 2.75) is 6.61 Å². The van der Waals surface area contributed by atoms with E-state index in [-0.39, 0.29) is 0 Å². The number of para-hydroxylation sites is 1. The molecule has 4 heteroatoms. The van der Waals surface area contributed by atoms with Crippen LogP contribution in [0.25, 0.3) is 11.1 Å². The van der Waals surface area contributed by atoms with Crippen molar-refractivity contribution in [3.05, 3.63) is 84.4 Å². The Morgan fingerprint density at radius 3 is 2.04 bits per heavy atom. The van der Waals surface area contributed by atoms with Gasteiger partial charge in [-0.05, 0) is 11.1 Å². The zero-order chi connectivity index (χ0) is 16.1. The van der Waals surface area contributed by atoms with Crippen LogP contribution >= 0.6 is 0 Å². The lowest BCUT2D eigenvalue weighted by atomic mass is 9.78. The van der Waals surface area contributed by atoms with Gasteiger partial charge in [0, 0.05) is 11.0 Å². The highest BCUT2D eigenvalue weighted by Gasteiger charge is 2.20. The lowest BCUT2D eigenvalue weighted by Gasteiger charge is -2.16. The summed E-state index contributed by atoms with van der Waals surface area (Å²) in [4.78, 5) is 0. The highest BCUT2D eigenvalue weighted by molar-refractivity contribution is 6.60. The summed E-state index contributed by atoms with van der Waals surface area (Å²) in [6.07, 6.45) is 0. The molecule has 0 radical (unpaired) electrons. The van der Waals surface area contributed by atoms with Gasteiger partial charge in [0.15, 0.2) is 0 Å². The molecule has 0 aliphatic heterocycles. The molecule has 0 saturated heterocycles. The predicted octanol–water partition coefficient (Wildman–Crippen LogP) is 2.61. The molecule has 0 heterocycles. The monoisotopic (exact) mass is 304 g/mol. The molecule has 2 N–H and O–H groups in total. The maximum atomic E-state index is 9.65. The second-order valence-corrected chi connectivity index (χ2v) is 5.24. The number of hydrogen-bond donors (Lipinski definition) is 2. The SMILES string of the molecule is OB(O)c1cccc(-c2ccccc2)c1OCc1ccccc1. The maximum absolute atomic E-state index is 9.65. The molecule has 0 aliphatic carbocycles. The Balaban J connectivity index is 1.98. The Bertz CT molecular complexity index is 758. The maximum Gasteiger partial charge on any atom is 0.492 e. The standard InChI is InChI=1S/C19H17BO3/c21-20(22)18-13-7-12-17(16-10-5-2-6-11-16)19(18)23-14-15-8-3-1-4-9-15/h1-13,21-22H,14H2. The highest BCUT2D eigenvalue weighted by Crippen LogP contribution is 2.29. The van der Waals surface area contributed by atoms with Crippen LogP contribution in [0.4, 0.5) is 0 Å². The third kappa shape index (κ3) is 3.62. The van der Waals surface area contributed by atoms with Crippen molar-refractivity contribution in [3.8, 4) is 16.9 Å². The summed E-state index contributed by atoms with van der Waals surface area (Å²) >= 11 is 0. The van der Waals surface area contributed by atoms with Crippen molar-refractivity contribution in [2.24, 2.45) is 0 Å². The fraction of sp³-hybridized carbons (Fsp3) is 0.0526. The second-order valence-electron chi connectivity index (χ2n) is 5.24. The third-order valence-corrected chi connectivity index (χ3v) is 3.63. The van der Waals surface area contributed by atoms with Gasteiger partial charge >= 0.3 is 7.12 Å². The predicted molar refractivity (Wildman–Crippen MR) is 92.5 cm³/mol. The fourth-order valence-corrected chi connectivity index (χ4v) is 2.49. The normalized spacial score (nSPS) is 10.3. The molecule has 114 valence electrons. The number of benzene rings is 3. The Hall–Kier alpha value is -2.56. The first-order valence-electron chi connectivity index (χ1n) is 7.47. The molecule has 0 atom stereocenters. The molecule has 3 rings (SSSR count). The van der Waals surface area contributed by atoms with E-state index in [1.165, 1.54) is 0 Å². The van der Waals surface area contributed by atoms with E-state index < -0.39 is 7.12 Å². The van der Waals surface area contributed by atoms with Crippen molar-refractivity contribution in [1.82, 2.24) is 0 Å². The van der Waals surface area contributed by atoms with Crippen LogP contribution in [0.15, 0.2) is 78.9 Å². The molecule has 0 aromatic heterocycles. The summed E-state index contributed by atoms with van der Waals surface area (Å²) in [7, 11) is -1.58. The van der Waals surface area contributed by atoms with Gasteiger partial charge in [-0.15, -0.1) is 0 Å². The van der Waals surface area contributed by atoms with Gasteiger partial charge in [-0.3, -0.25) is 0 Å². The molecule has 0 saturated carbocycles.